The molecule has 5 heteroatoms. The molecular formula is C14H9Cl3F2. The largest absolute Gasteiger partial charge is 0.207 e. The van der Waals surface area contributed by atoms with Gasteiger partial charge in [-0.25, -0.2) is 8.78 Å². The Balaban J connectivity index is 2.49. The van der Waals surface area contributed by atoms with Gasteiger partial charge in [-0.15, -0.1) is 11.6 Å². The fourth-order valence-electron chi connectivity index (χ4n) is 1.77. The van der Waals surface area contributed by atoms with Crippen molar-refractivity contribution in [3.05, 3.63) is 68.7 Å². The number of alkyl halides is 1. The molecule has 0 radical (unpaired) electrons. The SMILES string of the molecule is Cc1cc(C(Cl)c2cc(Cl)cc(Cl)c2)c(F)cc1F. The summed E-state index contributed by atoms with van der Waals surface area (Å²) < 4.78 is 27.0. The molecule has 0 heterocycles. The molecule has 0 fully saturated rings. The Bertz CT molecular complexity index is 606. The summed E-state index contributed by atoms with van der Waals surface area (Å²) in [6, 6.07) is 6.97. The first kappa shape index (κ1) is 14.6. The highest BCUT2D eigenvalue weighted by atomic mass is 35.5. The van der Waals surface area contributed by atoms with Gasteiger partial charge >= 0.3 is 0 Å². The second-order valence-electron chi connectivity index (χ2n) is 4.19. The van der Waals surface area contributed by atoms with Gasteiger partial charge in [0.2, 0.25) is 0 Å². The minimum atomic E-state index is -0.782. The van der Waals surface area contributed by atoms with Crippen LogP contribution in [0.15, 0.2) is 30.3 Å². The van der Waals surface area contributed by atoms with Gasteiger partial charge in [-0.1, -0.05) is 23.2 Å². The van der Waals surface area contributed by atoms with E-state index in [0.29, 0.717) is 21.2 Å². The Morgan fingerprint density at radius 3 is 2.05 bits per heavy atom. The molecule has 0 aliphatic rings. The minimum Gasteiger partial charge on any atom is -0.207 e. The molecule has 100 valence electrons. The van der Waals surface area contributed by atoms with Crippen LogP contribution in [0.4, 0.5) is 8.78 Å². The van der Waals surface area contributed by atoms with E-state index >= 15 is 0 Å². The fourth-order valence-corrected chi connectivity index (χ4v) is 2.61. The first-order chi connectivity index (χ1) is 8.88. The van der Waals surface area contributed by atoms with E-state index in [-0.39, 0.29) is 5.56 Å². The molecule has 19 heavy (non-hydrogen) atoms. The van der Waals surface area contributed by atoms with Gasteiger partial charge in [-0.3, -0.25) is 0 Å². The molecule has 0 aliphatic carbocycles. The average Bonchev–Trinajstić information content (AvgIpc) is 2.31. The van der Waals surface area contributed by atoms with Crippen molar-refractivity contribution < 1.29 is 8.78 Å². The molecule has 1 unspecified atom stereocenters. The molecule has 0 nitrogen and oxygen atoms in total. The first-order valence-electron chi connectivity index (χ1n) is 5.44. The number of halogens is 5. The van der Waals surface area contributed by atoms with Crippen molar-refractivity contribution in [3.8, 4) is 0 Å². The zero-order valence-electron chi connectivity index (χ0n) is 9.85. The van der Waals surface area contributed by atoms with Crippen LogP contribution < -0.4 is 0 Å². The molecule has 2 aromatic carbocycles. The standard InChI is InChI=1S/C14H9Cl3F2/c1-7-2-11(13(19)6-12(7)18)14(17)8-3-9(15)5-10(16)4-8/h2-6,14H,1H3. The molecule has 2 rings (SSSR count). The molecule has 0 N–H and O–H groups in total. The number of aryl methyl sites for hydroxylation is 1. The van der Waals surface area contributed by atoms with E-state index < -0.39 is 17.0 Å². The first-order valence-corrected chi connectivity index (χ1v) is 6.63. The smallest absolute Gasteiger partial charge is 0.131 e. The summed E-state index contributed by atoms with van der Waals surface area (Å²) in [5.74, 6) is -1.30. The van der Waals surface area contributed by atoms with Crippen molar-refractivity contribution in [2.75, 3.05) is 0 Å². The highest BCUT2D eigenvalue weighted by Crippen LogP contribution is 2.34. The van der Waals surface area contributed by atoms with E-state index in [2.05, 4.69) is 0 Å². The second-order valence-corrected chi connectivity index (χ2v) is 5.50. The molecule has 0 aliphatic heterocycles. The third kappa shape index (κ3) is 3.19. The van der Waals surface area contributed by atoms with Gasteiger partial charge in [0.05, 0.1) is 5.38 Å². The maximum absolute atomic E-state index is 13.8. The van der Waals surface area contributed by atoms with E-state index in [1.165, 1.54) is 6.07 Å². The molecular weight excluding hydrogens is 313 g/mol. The molecule has 1 atom stereocenters. The van der Waals surface area contributed by atoms with Gasteiger partial charge in [-0.2, -0.15) is 0 Å². The second kappa shape index (κ2) is 5.66. The maximum atomic E-state index is 13.8. The lowest BCUT2D eigenvalue weighted by Gasteiger charge is -2.13. The highest BCUT2D eigenvalue weighted by molar-refractivity contribution is 6.35. The zero-order chi connectivity index (χ0) is 14.2. The molecule has 0 bridgehead atoms. The van der Waals surface area contributed by atoms with Crippen molar-refractivity contribution in [1.29, 1.82) is 0 Å². The zero-order valence-corrected chi connectivity index (χ0v) is 12.1. The van der Waals surface area contributed by atoms with Crippen LogP contribution in [0.2, 0.25) is 10.0 Å². The predicted molar refractivity (Wildman–Crippen MR) is 75.3 cm³/mol. The van der Waals surface area contributed by atoms with Crippen LogP contribution in [-0.4, -0.2) is 0 Å². The van der Waals surface area contributed by atoms with Gasteiger partial charge in [0.15, 0.2) is 0 Å². The lowest BCUT2D eigenvalue weighted by molar-refractivity contribution is 0.568. The predicted octanol–water partition coefficient (Wildman–Crippen LogP) is 5.91. The van der Waals surface area contributed by atoms with Crippen LogP contribution in [0.1, 0.15) is 22.1 Å². The summed E-state index contributed by atoms with van der Waals surface area (Å²) in [5.41, 5.74) is 1.08. The van der Waals surface area contributed by atoms with Gasteiger partial charge in [-0.05, 0) is 42.3 Å². The lowest BCUT2D eigenvalue weighted by atomic mass is 10.0. The Morgan fingerprint density at radius 1 is 0.895 bits per heavy atom. The van der Waals surface area contributed by atoms with Gasteiger partial charge in [0.1, 0.15) is 11.6 Å². The van der Waals surface area contributed by atoms with E-state index in [9.17, 15) is 8.78 Å². The van der Waals surface area contributed by atoms with E-state index in [1.54, 1.807) is 25.1 Å². The Labute approximate surface area is 124 Å². The number of rotatable bonds is 2. The summed E-state index contributed by atoms with van der Waals surface area (Å²) >= 11 is 18.0. The van der Waals surface area contributed by atoms with Crippen LogP contribution >= 0.6 is 34.8 Å². The average molecular weight is 322 g/mol. The van der Waals surface area contributed by atoms with Crippen LogP contribution in [0.3, 0.4) is 0 Å². The highest BCUT2D eigenvalue weighted by Gasteiger charge is 2.18. The van der Waals surface area contributed by atoms with Crippen molar-refractivity contribution in [2.45, 2.75) is 12.3 Å². The topological polar surface area (TPSA) is 0 Å². The van der Waals surface area contributed by atoms with Crippen molar-refractivity contribution in [2.24, 2.45) is 0 Å². The van der Waals surface area contributed by atoms with E-state index in [1.807, 2.05) is 0 Å². The Hall–Kier alpha value is -0.830. The summed E-state index contributed by atoms with van der Waals surface area (Å²) in [5, 5.41) is 0.0373. The summed E-state index contributed by atoms with van der Waals surface area (Å²) in [4.78, 5) is 0. The third-order valence-corrected chi connectivity index (χ3v) is 3.65. The minimum absolute atomic E-state index is 0.193. The van der Waals surface area contributed by atoms with Crippen LogP contribution in [0.25, 0.3) is 0 Å². The van der Waals surface area contributed by atoms with Crippen LogP contribution in [0, 0.1) is 18.6 Å². The van der Waals surface area contributed by atoms with Gasteiger partial charge in [0.25, 0.3) is 0 Å². The number of hydrogen-bond acceptors (Lipinski definition) is 0. The van der Waals surface area contributed by atoms with Gasteiger partial charge < -0.3 is 0 Å². The Morgan fingerprint density at radius 2 is 1.47 bits per heavy atom. The number of hydrogen-bond donors (Lipinski definition) is 0. The summed E-state index contributed by atoms with van der Waals surface area (Å²) in [6.45, 7) is 1.55. The van der Waals surface area contributed by atoms with Crippen LogP contribution in [0.5, 0.6) is 0 Å². The Kier molecular flexibility index (Phi) is 4.34. The van der Waals surface area contributed by atoms with E-state index in [4.69, 9.17) is 34.8 Å². The summed E-state index contributed by atoms with van der Waals surface area (Å²) in [7, 11) is 0. The van der Waals surface area contributed by atoms with Crippen molar-refractivity contribution in [1.82, 2.24) is 0 Å². The molecule has 2 aromatic rings. The van der Waals surface area contributed by atoms with Crippen LogP contribution in [-0.2, 0) is 0 Å². The van der Waals surface area contributed by atoms with Gasteiger partial charge in [0, 0.05) is 21.7 Å². The van der Waals surface area contributed by atoms with Crippen molar-refractivity contribution >= 4 is 34.8 Å². The molecule has 0 spiro atoms. The molecule has 0 aromatic heterocycles. The summed E-state index contributed by atoms with van der Waals surface area (Å²) in [6.07, 6.45) is 0. The van der Waals surface area contributed by atoms with E-state index in [0.717, 1.165) is 6.07 Å². The normalized spacial score (nSPS) is 12.5. The number of benzene rings is 2. The monoisotopic (exact) mass is 320 g/mol. The lowest BCUT2D eigenvalue weighted by Crippen LogP contribution is -2.00. The fraction of sp³-hybridized carbons (Fsp3) is 0.143. The quantitative estimate of drug-likeness (QED) is 0.603. The molecule has 0 saturated carbocycles. The van der Waals surface area contributed by atoms with Crippen molar-refractivity contribution in [3.63, 3.8) is 0 Å². The molecule has 0 saturated heterocycles. The molecule has 0 amide bonds. The third-order valence-electron chi connectivity index (χ3n) is 2.73. The maximum Gasteiger partial charge on any atom is 0.131 e.